The summed E-state index contributed by atoms with van der Waals surface area (Å²) in [6.45, 7) is -1.22. The number of amides is 1. The number of alkyl halides is 3. The highest BCUT2D eigenvalue weighted by molar-refractivity contribution is 5.91. The van der Waals surface area contributed by atoms with E-state index in [0.717, 1.165) is 10.2 Å². The molecule has 1 amide bonds. The van der Waals surface area contributed by atoms with Crippen LogP contribution < -0.4 is 10.9 Å². The molecule has 0 unspecified atom stereocenters. The summed E-state index contributed by atoms with van der Waals surface area (Å²) in [5, 5.41) is 6.48. The van der Waals surface area contributed by atoms with Crippen LogP contribution >= 0.6 is 0 Å². The molecule has 0 saturated carbocycles. The van der Waals surface area contributed by atoms with E-state index in [9.17, 15) is 22.8 Å². The predicted octanol–water partition coefficient (Wildman–Crippen LogP) is 1.79. The van der Waals surface area contributed by atoms with Crippen molar-refractivity contribution in [3.8, 4) is 0 Å². The molecule has 0 aliphatic rings. The predicted molar refractivity (Wildman–Crippen MR) is 82.8 cm³/mol. The van der Waals surface area contributed by atoms with E-state index in [1.807, 2.05) is 0 Å². The number of carbonyl (C=O) groups is 1. The quantitative estimate of drug-likeness (QED) is 0.857. The van der Waals surface area contributed by atoms with E-state index in [2.05, 4.69) is 15.2 Å². The number of rotatable bonds is 6. The van der Waals surface area contributed by atoms with Gasteiger partial charge >= 0.3 is 6.18 Å². The molecule has 2 aromatic rings. The molecule has 1 N–H and O–H groups in total. The number of ether oxygens (including phenoxy) is 1. The van der Waals surface area contributed by atoms with E-state index in [0.29, 0.717) is 5.56 Å². The van der Waals surface area contributed by atoms with Gasteiger partial charge in [0.1, 0.15) is 12.3 Å². The third kappa shape index (κ3) is 6.03. The van der Waals surface area contributed by atoms with Crippen molar-refractivity contribution in [3.63, 3.8) is 0 Å². The van der Waals surface area contributed by atoms with E-state index in [1.165, 1.54) is 19.2 Å². The van der Waals surface area contributed by atoms with Crippen LogP contribution in [0.2, 0.25) is 0 Å². The van der Waals surface area contributed by atoms with Crippen LogP contribution in [0, 0.1) is 0 Å². The maximum atomic E-state index is 12.0. The fraction of sp³-hybridized carbons (Fsp3) is 0.312. The molecule has 2 rings (SSSR count). The van der Waals surface area contributed by atoms with Gasteiger partial charge in [-0.2, -0.15) is 18.3 Å². The minimum atomic E-state index is -4.35. The van der Waals surface area contributed by atoms with Gasteiger partial charge in [-0.25, -0.2) is 4.68 Å². The number of hydrogen-bond acceptors (Lipinski definition) is 4. The molecule has 134 valence electrons. The molecule has 0 aliphatic heterocycles. The number of hydrogen-bond donors (Lipinski definition) is 1. The van der Waals surface area contributed by atoms with Crippen molar-refractivity contribution in [2.75, 3.05) is 6.61 Å². The van der Waals surface area contributed by atoms with Crippen LogP contribution in [-0.2, 0) is 24.9 Å². The Hall–Kier alpha value is -2.68. The molecule has 1 aromatic carbocycles. The van der Waals surface area contributed by atoms with Crippen LogP contribution in [0.15, 0.2) is 41.2 Å². The summed E-state index contributed by atoms with van der Waals surface area (Å²) in [6.07, 6.45) is -4.35. The summed E-state index contributed by atoms with van der Waals surface area (Å²) in [7, 11) is 1.44. The normalized spacial score (nSPS) is 11.4. The molecule has 0 spiro atoms. The van der Waals surface area contributed by atoms with E-state index < -0.39 is 18.7 Å². The minimum Gasteiger partial charge on any atom is -0.367 e. The van der Waals surface area contributed by atoms with Crippen molar-refractivity contribution in [1.29, 1.82) is 0 Å². The monoisotopic (exact) mass is 355 g/mol. The van der Waals surface area contributed by atoms with Crippen molar-refractivity contribution < 1.29 is 22.7 Å². The summed E-state index contributed by atoms with van der Waals surface area (Å²) >= 11 is 0. The van der Waals surface area contributed by atoms with Gasteiger partial charge in [-0.3, -0.25) is 9.59 Å². The van der Waals surface area contributed by atoms with Gasteiger partial charge in [-0.05, 0) is 17.2 Å². The summed E-state index contributed by atoms with van der Waals surface area (Å²) in [6, 6.07) is 9.20. The largest absolute Gasteiger partial charge is 0.411 e. The van der Waals surface area contributed by atoms with Gasteiger partial charge in [-0.15, -0.1) is 0 Å². The minimum absolute atomic E-state index is 0.110. The second-order valence-electron chi connectivity index (χ2n) is 5.29. The fourth-order valence-electron chi connectivity index (χ4n) is 1.93. The van der Waals surface area contributed by atoms with Gasteiger partial charge in [0.05, 0.1) is 6.61 Å². The zero-order chi connectivity index (χ0) is 18.4. The molecule has 0 aliphatic carbocycles. The van der Waals surface area contributed by atoms with E-state index >= 15 is 0 Å². The maximum absolute atomic E-state index is 12.0. The van der Waals surface area contributed by atoms with Crippen molar-refractivity contribution in [3.05, 3.63) is 63.6 Å². The molecule has 0 atom stereocenters. The third-order valence-corrected chi connectivity index (χ3v) is 3.20. The summed E-state index contributed by atoms with van der Waals surface area (Å²) in [5.74, 6) is -0.437. The average molecular weight is 355 g/mol. The van der Waals surface area contributed by atoms with E-state index in [1.54, 1.807) is 24.3 Å². The van der Waals surface area contributed by atoms with Crippen LogP contribution in [0.5, 0.6) is 0 Å². The molecule has 1 aromatic heterocycles. The number of nitrogens with zero attached hydrogens (tertiary/aromatic N) is 2. The van der Waals surface area contributed by atoms with Gasteiger partial charge in [0.2, 0.25) is 0 Å². The molecule has 9 heteroatoms. The highest BCUT2D eigenvalue weighted by atomic mass is 19.4. The number of halogens is 3. The SMILES string of the molecule is Cn1nc(C(=O)NCc2ccc(COCC(F)(F)F)cc2)ccc1=O. The van der Waals surface area contributed by atoms with Crippen molar-refractivity contribution in [2.45, 2.75) is 19.3 Å². The van der Waals surface area contributed by atoms with Crippen LogP contribution in [0.4, 0.5) is 13.2 Å². The smallest absolute Gasteiger partial charge is 0.367 e. The Labute approximate surface area is 141 Å². The van der Waals surface area contributed by atoms with Gasteiger partial charge in [0, 0.05) is 19.7 Å². The number of aromatic nitrogens is 2. The highest BCUT2D eigenvalue weighted by Crippen LogP contribution is 2.15. The Bertz CT molecular complexity index is 786. The Morgan fingerprint density at radius 1 is 1.16 bits per heavy atom. The zero-order valence-corrected chi connectivity index (χ0v) is 13.3. The van der Waals surface area contributed by atoms with Crippen molar-refractivity contribution in [2.24, 2.45) is 7.05 Å². The lowest BCUT2D eigenvalue weighted by atomic mass is 10.1. The second-order valence-corrected chi connectivity index (χ2v) is 5.29. The lowest BCUT2D eigenvalue weighted by Crippen LogP contribution is -2.28. The molecule has 0 bridgehead atoms. The lowest BCUT2D eigenvalue weighted by molar-refractivity contribution is -0.176. The van der Waals surface area contributed by atoms with E-state index in [-0.39, 0.29) is 24.4 Å². The first-order chi connectivity index (χ1) is 11.7. The zero-order valence-electron chi connectivity index (χ0n) is 13.3. The summed E-state index contributed by atoms with van der Waals surface area (Å²) in [4.78, 5) is 23.2. The Kier molecular flexibility index (Phi) is 5.92. The topological polar surface area (TPSA) is 73.2 Å². The molecule has 0 saturated heterocycles. The molecular weight excluding hydrogens is 339 g/mol. The number of carbonyl (C=O) groups excluding carboxylic acids is 1. The molecule has 6 nitrogen and oxygen atoms in total. The summed E-state index contributed by atoms with van der Waals surface area (Å²) in [5.41, 5.74) is 1.15. The van der Waals surface area contributed by atoms with E-state index in [4.69, 9.17) is 0 Å². The first-order valence-electron chi connectivity index (χ1n) is 7.29. The first kappa shape index (κ1) is 18.7. The fourth-order valence-corrected chi connectivity index (χ4v) is 1.93. The van der Waals surface area contributed by atoms with Crippen LogP contribution in [0.1, 0.15) is 21.6 Å². The number of benzene rings is 1. The second kappa shape index (κ2) is 7.93. The third-order valence-electron chi connectivity index (χ3n) is 3.20. The summed E-state index contributed by atoms with van der Waals surface area (Å²) < 4.78 is 41.6. The van der Waals surface area contributed by atoms with Crippen molar-refractivity contribution in [1.82, 2.24) is 15.1 Å². The van der Waals surface area contributed by atoms with Crippen LogP contribution in [0.3, 0.4) is 0 Å². The van der Waals surface area contributed by atoms with Gasteiger partial charge in [0.15, 0.2) is 0 Å². The molecule has 0 fully saturated rings. The lowest BCUT2D eigenvalue weighted by Gasteiger charge is -2.09. The molecule has 0 radical (unpaired) electrons. The Balaban J connectivity index is 1.85. The van der Waals surface area contributed by atoms with Crippen LogP contribution in [-0.4, -0.2) is 28.5 Å². The Morgan fingerprint density at radius 2 is 1.80 bits per heavy atom. The number of nitrogens with one attached hydrogen (secondary N) is 1. The van der Waals surface area contributed by atoms with Crippen molar-refractivity contribution >= 4 is 5.91 Å². The molecule has 25 heavy (non-hydrogen) atoms. The van der Waals surface area contributed by atoms with Gasteiger partial charge in [-0.1, -0.05) is 24.3 Å². The van der Waals surface area contributed by atoms with Crippen LogP contribution in [0.25, 0.3) is 0 Å². The Morgan fingerprint density at radius 3 is 2.40 bits per heavy atom. The standard InChI is InChI=1S/C16H16F3N3O3/c1-22-14(23)7-6-13(21-22)15(24)20-8-11-2-4-12(5-3-11)9-25-10-16(17,18)19/h2-7H,8-10H2,1H3,(H,20,24). The highest BCUT2D eigenvalue weighted by Gasteiger charge is 2.27. The van der Waals surface area contributed by atoms with Gasteiger partial charge in [0.25, 0.3) is 11.5 Å². The average Bonchev–Trinajstić information content (AvgIpc) is 2.55. The molecule has 1 heterocycles. The van der Waals surface area contributed by atoms with Gasteiger partial charge < -0.3 is 10.1 Å². The molecular formula is C16H16F3N3O3. The first-order valence-corrected chi connectivity index (χ1v) is 7.29. The maximum Gasteiger partial charge on any atom is 0.411 e. The number of aryl methyl sites for hydroxylation is 1.